The van der Waals surface area contributed by atoms with Gasteiger partial charge in [-0.2, -0.15) is 0 Å². The first-order valence-corrected chi connectivity index (χ1v) is 5.70. The van der Waals surface area contributed by atoms with Gasteiger partial charge in [0.15, 0.2) is 0 Å². The van der Waals surface area contributed by atoms with Crippen LogP contribution >= 0.6 is 0 Å². The lowest BCUT2D eigenvalue weighted by Crippen LogP contribution is -2.10. The van der Waals surface area contributed by atoms with Crippen LogP contribution in [0.4, 0.5) is 11.5 Å². The molecule has 0 aliphatic carbocycles. The van der Waals surface area contributed by atoms with Gasteiger partial charge in [-0.3, -0.25) is 4.98 Å². The second-order valence-electron chi connectivity index (χ2n) is 4.13. The lowest BCUT2D eigenvalue weighted by atomic mass is 10.1. The van der Waals surface area contributed by atoms with Crippen molar-refractivity contribution in [1.29, 1.82) is 0 Å². The van der Waals surface area contributed by atoms with Gasteiger partial charge in [0.05, 0.1) is 11.9 Å². The summed E-state index contributed by atoms with van der Waals surface area (Å²) in [6.45, 7) is 2.42. The zero-order valence-corrected chi connectivity index (χ0v) is 10.4. The van der Waals surface area contributed by atoms with Crippen LogP contribution in [0.15, 0.2) is 30.7 Å². The largest absolute Gasteiger partial charge is 0.478 e. The highest BCUT2D eigenvalue weighted by Crippen LogP contribution is 2.17. The smallest absolute Gasteiger partial charge is 0.339 e. The minimum absolute atomic E-state index is 0.0570. The minimum atomic E-state index is -1.06. The summed E-state index contributed by atoms with van der Waals surface area (Å²) in [5.41, 5.74) is 7.97. The van der Waals surface area contributed by atoms with Crippen LogP contribution in [-0.4, -0.2) is 21.0 Å². The molecule has 0 spiro atoms. The van der Waals surface area contributed by atoms with Crippen LogP contribution < -0.4 is 11.1 Å². The SMILES string of the molecule is Cc1ccncc1CNc1ncc(N)cc1C(=O)O. The number of aromatic nitrogens is 2. The van der Waals surface area contributed by atoms with Crippen LogP contribution in [0.3, 0.4) is 0 Å². The molecule has 0 bridgehead atoms. The van der Waals surface area contributed by atoms with Gasteiger partial charge in [0, 0.05) is 18.9 Å². The zero-order chi connectivity index (χ0) is 13.8. The molecule has 0 amide bonds. The number of aromatic carboxylic acids is 1. The maximum Gasteiger partial charge on any atom is 0.339 e. The van der Waals surface area contributed by atoms with Crippen molar-refractivity contribution in [3.63, 3.8) is 0 Å². The predicted molar refractivity (Wildman–Crippen MR) is 71.9 cm³/mol. The number of anilines is 2. The summed E-state index contributed by atoms with van der Waals surface area (Å²) in [7, 11) is 0. The number of aryl methyl sites for hydroxylation is 1. The van der Waals surface area contributed by atoms with E-state index >= 15 is 0 Å². The summed E-state index contributed by atoms with van der Waals surface area (Å²) in [5, 5.41) is 12.1. The maximum absolute atomic E-state index is 11.1. The fourth-order valence-corrected chi connectivity index (χ4v) is 1.65. The molecular weight excluding hydrogens is 244 g/mol. The predicted octanol–water partition coefficient (Wildman–Crippen LogP) is 1.68. The standard InChI is InChI=1S/C13H14N4O2/c1-8-2-3-15-5-9(8)6-16-12-11(13(18)19)4-10(14)7-17-12/h2-5,7H,6,14H2,1H3,(H,16,17)(H,18,19). The molecule has 0 aromatic carbocycles. The van der Waals surface area contributed by atoms with Gasteiger partial charge in [-0.25, -0.2) is 9.78 Å². The molecule has 0 fully saturated rings. The number of carbonyl (C=O) groups is 1. The number of rotatable bonds is 4. The number of carboxylic acids is 1. The molecule has 2 aromatic heterocycles. The van der Waals surface area contributed by atoms with E-state index in [1.807, 2.05) is 13.0 Å². The van der Waals surface area contributed by atoms with E-state index in [2.05, 4.69) is 15.3 Å². The number of nitrogens with two attached hydrogens (primary N) is 1. The summed E-state index contributed by atoms with van der Waals surface area (Å²) in [5.74, 6) is -0.768. The average Bonchev–Trinajstić information content (AvgIpc) is 2.38. The summed E-state index contributed by atoms with van der Waals surface area (Å²) in [6.07, 6.45) is 4.87. The minimum Gasteiger partial charge on any atom is -0.478 e. The van der Waals surface area contributed by atoms with Crippen molar-refractivity contribution in [2.45, 2.75) is 13.5 Å². The lowest BCUT2D eigenvalue weighted by Gasteiger charge is -2.10. The first-order chi connectivity index (χ1) is 9.08. The first kappa shape index (κ1) is 12.8. The molecule has 0 saturated carbocycles. The normalized spacial score (nSPS) is 10.2. The Morgan fingerprint density at radius 2 is 2.26 bits per heavy atom. The van der Waals surface area contributed by atoms with E-state index in [9.17, 15) is 4.79 Å². The Labute approximate surface area is 110 Å². The van der Waals surface area contributed by atoms with E-state index in [4.69, 9.17) is 10.8 Å². The van der Waals surface area contributed by atoms with Gasteiger partial charge >= 0.3 is 5.97 Å². The van der Waals surface area contributed by atoms with E-state index < -0.39 is 5.97 Å². The van der Waals surface area contributed by atoms with E-state index in [1.165, 1.54) is 12.3 Å². The Balaban J connectivity index is 2.20. The van der Waals surface area contributed by atoms with Gasteiger partial charge in [0.1, 0.15) is 11.4 Å². The van der Waals surface area contributed by atoms with Crippen LogP contribution in [0.2, 0.25) is 0 Å². The van der Waals surface area contributed by atoms with Gasteiger partial charge < -0.3 is 16.2 Å². The maximum atomic E-state index is 11.1. The van der Waals surface area contributed by atoms with Crippen LogP contribution in [0.5, 0.6) is 0 Å². The molecule has 19 heavy (non-hydrogen) atoms. The van der Waals surface area contributed by atoms with Gasteiger partial charge in [0.25, 0.3) is 0 Å². The molecule has 6 heteroatoms. The first-order valence-electron chi connectivity index (χ1n) is 5.70. The molecule has 0 unspecified atom stereocenters. The van der Waals surface area contributed by atoms with Crippen molar-refractivity contribution >= 4 is 17.5 Å². The Bertz CT molecular complexity index is 613. The van der Waals surface area contributed by atoms with Crippen LogP contribution in [0, 0.1) is 6.92 Å². The number of hydrogen-bond acceptors (Lipinski definition) is 5. The van der Waals surface area contributed by atoms with E-state index in [0.29, 0.717) is 18.1 Å². The molecule has 2 heterocycles. The summed E-state index contributed by atoms with van der Waals surface area (Å²) in [6, 6.07) is 3.28. The van der Waals surface area contributed by atoms with E-state index in [1.54, 1.807) is 12.4 Å². The Morgan fingerprint density at radius 1 is 1.47 bits per heavy atom. The molecule has 0 saturated heterocycles. The van der Waals surface area contributed by atoms with Gasteiger partial charge in [0.2, 0.25) is 0 Å². The summed E-state index contributed by atoms with van der Waals surface area (Å²) < 4.78 is 0. The molecular formula is C13H14N4O2. The molecule has 2 aromatic rings. The molecule has 0 radical (unpaired) electrons. The molecule has 6 nitrogen and oxygen atoms in total. The second-order valence-corrected chi connectivity index (χ2v) is 4.13. The topological polar surface area (TPSA) is 101 Å². The van der Waals surface area contributed by atoms with Crippen molar-refractivity contribution in [3.8, 4) is 0 Å². The number of nitrogens with one attached hydrogen (secondary N) is 1. The number of nitrogen functional groups attached to an aromatic ring is 1. The number of hydrogen-bond donors (Lipinski definition) is 3. The highest BCUT2D eigenvalue weighted by atomic mass is 16.4. The van der Waals surface area contributed by atoms with Crippen LogP contribution in [0.1, 0.15) is 21.5 Å². The number of nitrogens with zero attached hydrogens (tertiary/aromatic N) is 2. The summed E-state index contributed by atoms with van der Waals surface area (Å²) >= 11 is 0. The van der Waals surface area contributed by atoms with Crippen molar-refractivity contribution in [2.24, 2.45) is 0 Å². The van der Waals surface area contributed by atoms with Crippen molar-refractivity contribution in [3.05, 3.63) is 47.4 Å². The Kier molecular flexibility index (Phi) is 3.61. The third-order valence-corrected chi connectivity index (χ3v) is 2.73. The third-order valence-electron chi connectivity index (χ3n) is 2.73. The molecule has 0 atom stereocenters. The number of carboxylic acid groups (broad SMARTS) is 1. The van der Waals surface area contributed by atoms with Gasteiger partial charge in [-0.05, 0) is 30.2 Å². The average molecular weight is 258 g/mol. The highest BCUT2D eigenvalue weighted by molar-refractivity contribution is 5.94. The molecule has 4 N–H and O–H groups in total. The fourth-order valence-electron chi connectivity index (χ4n) is 1.65. The van der Waals surface area contributed by atoms with E-state index in [-0.39, 0.29) is 5.56 Å². The zero-order valence-electron chi connectivity index (χ0n) is 10.4. The Hall–Kier alpha value is -2.63. The second kappa shape index (κ2) is 5.34. The van der Waals surface area contributed by atoms with Gasteiger partial charge in [-0.1, -0.05) is 0 Å². The third kappa shape index (κ3) is 2.98. The van der Waals surface area contributed by atoms with Crippen molar-refractivity contribution in [1.82, 2.24) is 9.97 Å². The molecule has 0 aliphatic rings. The number of pyridine rings is 2. The quantitative estimate of drug-likeness (QED) is 0.771. The monoisotopic (exact) mass is 258 g/mol. The molecule has 98 valence electrons. The van der Waals surface area contributed by atoms with Crippen molar-refractivity contribution < 1.29 is 9.90 Å². The Morgan fingerprint density at radius 3 is 2.95 bits per heavy atom. The van der Waals surface area contributed by atoms with Crippen molar-refractivity contribution in [2.75, 3.05) is 11.1 Å². The lowest BCUT2D eigenvalue weighted by molar-refractivity contribution is 0.0697. The van der Waals surface area contributed by atoms with Crippen LogP contribution in [-0.2, 0) is 6.54 Å². The fraction of sp³-hybridized carbons (Fsp3) is 0.154. The van der Waals surface area contributed by atoms with Gasteiger partial charge in [-0.15, -0.1) is 0 Å². The van der Waals surface area contributed by atoms with E-state index in [0.717, 1.165) is 11.1 Å². The van der Waals surface area contributed by atoms with Crippen LogP contribution in [0.25, 0.3) is 0 Å². The summed E-state index contributed by atoms with van der Waals surface area (Å²) in [4.78, 5) is 19.1. The highest BCUT2D eigenvalue weighted by Gasteiger charge is 2.12. The molecule has 2 rings (SSSR count). The molecule has 0 aliphatic heterocycles.